The van der Waals surface area contributed by atoms with Gasteiger partial charge in [-0.3, -0.25) is 15.0 Å². The highest BCUT2D eigenvalue weighted by Crippen LogP contribution is 2.39. The number of aromatic nitrogens is 4. The van der Waals surface area contributed by atoms with E-state index in [1.54, 1.807) is 18.5 Å². The van der Waals surface area contributed by atoms with Crippen LogP contribution in [-0.2, 0) is 9.47 Å². The van der Waals surface area contributed by atoms with Gasteiger partial charge in [0.05, 0.1) is 43.6 Å². The lowest BCUT2D eigenvalue weighted by atomic mass is 9.89. The minimum Gasteiger partial charge on any atom is -0.487 e. The minimum atomic E-state index is -0.363. The zero-order valence-corrected chi connectivity index (χ0v) is 29.0. The van der Waals surface area contributed by atoms with Crippen molar-refractivity contribution in [3.8, 4) is 22.8 Å². The van der Waals surface area contributed by atoms with Crippen LogP contribution in [0.15, 0.2) is 42.0 Å². The minimum absolute atomic E-state index is 0.238. The summed E-state index contributed by atoms with van der Waals surface area (Å²) >= 11 is 6.42. The summed E-state index contributed by atoms with van der Waals surface area (Å²) in [6, 6.07) is 7.57. The fourth-order valence-electron chi connectivity index (χ4n) is 7.18. The lowest BCUT2D eigenvalue weighted by Gasteiger charge is -2.43. The molecule has 3 atom stereocenters. The number of benzene rings is 1. The Morgan fingerprint density at radius 2 is 1.78 bits per heavy atom. The van der Waals surface area contributed by atoms with Crippen molar-refractivity contribution >= 4 is 29.6 Å². The molecule has 15 heteroatoms. The molecule has 2 aromatic heterocycles. The molecule has 4 heterocycles. The Morgan fingerprint density at radius 3 is 2.47 bits per heavy atom. The Bertz CT molecular complexity index is 1510. The van der Waals surface area contributed by atoms with Gasteiger partial charge < -0.3 is 24.3 Å². The van der Waals surface area contributed by atoms with Crippen LogP contribution >= 0.6 is 11.6 Å². The number of ether oxygens (including phenoxy) is 4. The number of halogens is 1. The fraction of sp³-hybridized carbons (Fsp3) is 0.588. The van der Waals surface area contributed by atoms with E-state index in [0.717, 1.165) is 68.5 Å². The van der Waals surface area contributed by atoms with Crippen molar-refractivity contribution in [3.05, 3.63) is 41.8 Å². The molecule has 1 saturated carbocycles. The SMILES string of the molecule is CCOCCCOc1nn(C2CCC(N3C4CCC3COC4)CC2)cc1Nc1ncc(-c2ccc(Cl)c(O[C@@H](C)CN(C=N)N=N)c2)cn1. The van der Waals surface area contributed by atoms with E-state index >= 15 is 0 Å². The van der Waals surface area contributed by atoms with E-state index in [9.17, 15) is 0 Å². The largest absolute Gasteiger partial charge is 0.487 e. The molecule has 2 aliphatic heterocycles. The van der Waals surface area contributed by atoms with Gasteiger partial charge in [0, 0.05) is 55.7 Å². The van der Waals surface area contributed by atoms with E-state index in [-0.39, 0.29) is 12.6 Å². The molecule has 0 spiro atoms. The summed E-state index contributed by atoms with van der Waals surface area (Å²) in [4.78, 5) is 12.0. The zero-order valence-electron chi connectivity index (χ0n) is 28.3. The molecule has 0 radical (unpaired) electrons. The van der Waals surface area contributed by atoms with Crippen LogP contribution in [0.2, 0.25) is 5.02 Å². The molecular formula is C34H47ClN10O4. The van der Waals surface area contributed by atoms with E-state index in [0.29, 0.717) is 66.6 Å². The maximum absolute atomic E-state index is 7.34. The molecule has 2 saturated heterocycles. The maximum atomic E-state index is 7.34. The van der Waals surface area contributed by atoms with Crippen molar-refractivity contribution in [3.63, 3.8) is 0 Å². The standard InChI is InChI=1S/C34H47ClN10O4/c1-3-46-13-4-14-48-33-31(19-44(41-33)26-6-8-27(9-7-26)45-28-10-11-29(45)21-47-20-28)40-34-38-16-25(17-39-34)24-5-12-30(35)32(15-24)49-23(2)18-43(22-36)42-37/h5,12,15-17,19,22-23,26-29,36-37H,3-4,6-11,13-14,18,20-21H2,1-2H3,(H,38,39,40)/t23-,26?,27?,28?,29?/m0/s1. The summed E-state index contributed by atoms with van der Waals surface area (Å²) in [6.07, 6.45) is 13.9. The Kier molecular flexibility index (Phi) is 11.9. The Balaban J connectivity index is 1.12. The fourth-order valence-corrected chi connectivity index (χ4v) is 7.34. The van der Waals surface area contributed by atoms with Crippen molar-refractivity contribution in [2.45, 2.75) is 89.1 Å². The van der Waals surface area contributed by atoms with E-state index in [2.05, 4.69) is 30.1 Å². The summed E-state index contributed by atoms with van der Waals surface area (Å²) in [6.45, 7) is 7.62. The summed E-state index contributed by atoms with van der Waals surface area (Å²) in [5, 5.41) is 20.5. The van der Waals surface area contributed by atoms with Crippen molar-refractivity contribution in [1.29, 1.82) is 10.9 Å². The van der Waals surface area contributed by atoms with Crippen LogP contribution < -0.4 is 14.8 Å². The lowest BCUT2D eigenvalue weighted by molar-refractivity contribution is -0.0458. The summed E-state index contributed by atoms with van der Waals surface area (Å²) in [5.41, 5.74) is 9.50. The molecule has 3 N–H and O–H groups in total. The van der Waals surface area contributed by atoms with Crippen LogP contribution in [0.5, 0.6) is 11.6 Å². The maximum Gasteiger partial charge on any atom is 0.256 e. The lowest BCUT2D eigenvalue weighted by Crippen LogP contribution is -2.52. The number of hydrogen-bond donors (Lipinski definition) is 3. The Morgan fingerprint density at radius 1 is 1.06 bits per heavy atom. The third-order valence-corrected chi connectivity index (χ3v) is 9.86. The summed E-state index contributed by atoms with van der Waals surface area (Å²) < 4.78 is 25.5. The molecule has 2 unspecified atom stereocenters. The second-order valence-corrected chi connectivity index (χ2v) is 13.3. The molecule has 14 nitrogen and oxygen atoms in total. The molecule has 3 aromatic rings. The molecule has 264 valence electrons. The monoisotopic (exact) mass is 694 g/mol. The zero-order chi connectivity index (χ0) is 34.2. The first kappa shape index (κ1) is 35.0. The number of morpholine rings is 1. The predicted molar refractivity (Wildman–Crippen MR) is 186 cm³/mol. The predicted octanol–water partition coefficient (Wildman–Crippen LogP) is 6.51. The van der Waals surface area contributed by atoms with Crippen LogP contribution in [-0.4, -0.2) is 99.8 Å². The van der Waals surface area contributed by atoms with Crippen LogP contribution in [0.3, 0.4) is 0 Å². The van der Waals surface area contributed by atoms with Crippen molar-refractivity contribution in [2.75, 3.05) is 44.9 Å². The third kappa shape index (κ3) is 8.66. The third-order valence-electron chi connectivity index (χ3n) is 9.55. The highest BCUT2D eigenvalue weighted by molar-refractivity contribution is 6.32. The highest BCUT2D eigenvalue weighted by atomic mass is 35.5. The van der Waals surface area contributed by atoms with E-state index in [4.69, 9.17) is 46.6 Å². The quantitative estimate of drug-likeness (QED) is 0.0467. The molecule has 1 aromatic carbocycles. The summed E-state index contributed by atoms with van der Waals surface area (Å²) in [7, 11) is 0. The molecule has 49 heavy (non-hydrogen) atoms. The number of rotatable bonds is 17. The second kappa shape index (κ2) is 16.7. The van der Waals surface area contributed by atoms with Crippen LogP contribution in [0.1, 0.15) is 64.8 Å². The summed E-state index contributed by atoms with van der Waals surface area (Å²) in [5.74, 6) is 1.44. The van der Waals surface area contributed by atoms with Gasteiger partial charge in [-0.05, 0) is 70.1 Å². The Labute approximate surface area is 292 Å². The van der Waals surface area contributed by atoms with Crippen molar-refractivity contribution in [2.24, 2.45) is 5.22 Å². The first-order chi connectivity index (χ1) is 23.9. The van der Waals surface area contributed by atoms with Crippen LogP contribution in [0.25, 0.3) is 11.1 Å². The normalized spacial score (nSPS) is 22.8. The number of hydrogen-bond acceptors (Lipinski definition) is 12. The topological polar surface area (TPSA) is 159 Å². The van der Waals surface area contributed by atoms with Crippen LogP contribution in [0.4, 0.5) is 11.6 Å². The average molecular weight is 695 g/mol. The molecule has 1 aliphatic carbocycles. The van der Waals surface area contributed by atoms with Gasteiger partial charge in [-0.2, -0.15) is 5.53 Å². The Hall–Kier alpha value is -3.85. The van der Waals surface area contributed by atoms with Gasteiger partial charge in [0.25, 0.3) is 5.88 Å². The van der Waals surface area contributed by atoms with E-state index in [1.165, 1.54) is 17.9 Å². The van der Waals surface area contributed by atoms with Crippen LogP contribution in [0, 0.1) is 10.9 Å². The number of nitrogens with one attached hydrogen (secondary N) is 3. The molecule has 3 aliphatic rings. The number of anilines is 2. The molecule has 3 fully saturated rings. The van der Waals surface area contributed by atoms with Gasteiger partial charge in [-0.15, -0.1) is 5.10 Å². The molecule has 2 bridgehead atoms. The number of nitrogens with zero attached hydrogens (tertiary/aromatic N) is 7. The van der Waals surface area contributed by atoms with Gasteiger partial charge in [-0.25, -0.2) is 15.0 Å². The molecular weight excluding hydrogens is 648 g/mol. The number of fused-ring (bicyclic) bond motifs is 2. The smallest absolute Gasteiger partial charge is 0.256 e. The van der Waals surface area contributed by atoms with Gasteiger partial charge >= 0.3 is 0 Å². The first-order valence-electron chi connectivity index (χ1n) is 17.3. The molecule has 6 rings (SSSR count). The van der Waals surface area contributed by atoms with Gasteiger partial charge in [0.2, 0.25) is 5.95 Å². The first-order valence-corrected chi connectivity index (χ1v) is 17.7. The van der Waals surface area contributed by atoms with Crippen molar-refractivity contribution in [1.82, 2.24) is 29.7 Å². The van der Waals surface area contributed by atoms with E-state index in [1.807, 2.05) is 32.2 Å². The van der Waals surface area contributed by atoms with Gasteiger partial charge in [0.1, 0.15) is 23.9 Å². The van der Waals surface area contributed by atoms with Crippen molar-refractivity contribution < 1.29 is 18.9 Å². The molecule has 0 amide bonds. The second-order valence-electron chi connectivity index (χ2n) is 12.9. The van der Waals surface area contributed by atoms with E-state index < -0.39 is 0 Å². The van der Waals surface area contributed by atoms with Gasteiger partial charge in [-0.1, -0.05) is 22.9 Å². The highest BCUT2D eigenvalue weighted by Gasteiger charge is 2.42. The van der Waals surface area contributed by atoms with Gasteiger partial charge in [0.15, 0.2) is 0 Å². The average Bonchev–Trinajstić information content (AvgIpc) is 3.63.